The summed E-state index contributed by atoms with van der Waals surface area (Å²) in [5, 5.41) is 3.12. The summed E-state index contributed by atoms with van der Waals surface area (Å²) in [6, 6.07) is 3.15. The molecule has 1 aromatic rings. The van der Waals surface area contributed by atoms with Crippen molar-refractivity contribution in [3.63, 3.8) is 0 Å². The molecule has 1 aromatic carbocycles. The van der Waals surface area contributed by atoms with Crippen molar-refractivity contribution in [2.24, 2.45) is 11.7 Å². The fraction of sp³-hybridized carbons (Fsp3) is 0.533. The Morgan fingerprint density at radius 2 is 1.95 bits per heavy atom. The number of nitrogens with two attached hydrogens (primary N) is 1. The molecule has 0 radical (unpaired) electrons. The van der Waals surface area contributed by atoms with Crippen LogP contribution in [0.1, 0.15) is 44.6 Å². The van der Waals surface area contributed by atoms with Gasteiger partial charge in [-0.3, -0.25) is 0 Å². The van der Waals surface area contributed by atoms with Gasteiger partial charge < -0.3 is 11.1 Å². The van der Waals surface area contributed by atoms with E-state index in [0.29, 0.717) is 5.92 Å². The van der Waals surface area contributed by atoms with Crippen LogP contribution in [0.5, 0.6) is 0 Å². The van der Waals surface area contributed by atoms with Crippen molar-refractivity contribution in [2.45, 2.75) is 45.1 Å². The van der Waals surface area contributed by atoms with Crippen LogP contribution >= 0.6 is 12.2 Å². The van der Waals surface area contributed by atoms with Crippen molar-refractivity contribution in [3.05, 3.63) is 29.3 Å². The molecule has 2 rings (SSSR count). The lowest BCUT2D eigenvalue weighted by molar-refractivity contribution is 0.498. The van der Waals surface area contributed by atoms with Gasteiger partial charge in [0.05, 0.1) is 5.69 Å². The van der Waals surface area contributed by atoms with Crippen LogP contribution < -0.4 is 11.1 Å². The van der Waals surface area contributed by atoms with E-state index in [-0.39, 0.29) is 22.3 Å². The quantitative estimate of drug-likeness (QED) is 0.655. The Labute approximate surface area is 123 Å². The average molecular weight is 298 g/mol. The van der Waals surface area contributed by atoms with E-state index in [1.807, 2.05) is 0 Å². The largest absolute Gasteiger partial charge is 0.389 e. The monoisotopic (exact) mass is 298 g/mol. The highest BCUT2D eigenvalue weighted by Crippen LogP contribution is 2.27. The zero-order valence-corrected chi connectivity index (χ0v) is 12.4. The molecule has 0 saturated heterocycles. The minimum Gasteiger partial charge on any atom is -0.389 e. The van der Waals surface area contributed by atoms with Crippen LogP contribution in [0.25, 0.3) is 0 Å². The predicted octanol–water partition coefficient (Wildman–Crippen LogP) is 3.98. The highest BCUT2D eigenvalue weighted by atomic mass is 32.1. The number of halogens is 2. The van der Waals surface area contributed by atoms with Crippen LogP contribution in [0.15, 0.2) is 12.1 Å². The Hall–Kier alpha value is -1.23. The average Bonchev–Trinajstić information content (AvgIpc) is 2.60. The van der Waals surface area contributed by atoms with E-state index >= 15 is 0 Å². The fourth-order valence-electron chi connectivity index (χ4n) is 2.70. The van der Waals surface area contributed by atoms with Gasteiger partial charge >= 0.3 is 0 Å². The SMILES string of the molecule is CC1CCCC(Nc2ccc(C(N)=S)c(F)c2F)CC1. The third kappa shape index (κ3) is 3.45. The zero-order chi connectivity index (χ0) is 14.7. The summed E-state index contributed by atoms with van der Waals surface area (Å²) in [6.07, 6.45) is 5.41. The number of hydrogen-bond donors (Lipinski definition) is 2. The van der Waals surface area contributed by atoms with Gasteiger partial charge in [0, 0.05) is 11.6 Å². The van der Waals surface area contributed by atoms with E-state index in [1.165, 1.54) is 18.6 Å². The maximum atomic E-state index is 14.0. The Kier molecular flexibility index (Phi) is 4.91. The molecule has 0 heterocycles. The molecule has 0 bridgehead atoms. The number of thiocarbonyl (C=S) groups is 1. The Balaban J connectivity index is 2.13. The molecule has 1 aliphatic carbocycles. The highest BCUT2D eigenvalue weighted by molar-refractivity contribution is 7.80. The van der Waals surface area contributed by atoms with Gasteiger partial charge in [-0.1, -0.05) is 32.0 Å². The maximum Gasteiger partial charge on any atom is 0.182 e. The van der Waals surface area contributed by atoms with Crippen LogP contribution in [0.3, 0.4) is 0 Å². The number of nitrogens with one attached hydrogen (secondary N) is 1. The number of anilines is 1. The lowest BCUT2D eigenvalue weighted by atomic mass is 10.0. The molecule has 1 fully saturated rings. The zero-order valence-electron chi connectivity index (χ0n) is 11.6. The first-order chi connectivity index (χ1) is 9.49. The molecule has 2 nitrogen and oxygen atoms in total. The van der Waals surface area contributed by atoms with E-state index in [2.05, 4.69) is 12.2 Å². The normalized spacial score (nSPS) is 23.1. The molecule has 0 aromatic heterocycles. The summed E-state index contributed by atoms with van der Waals surface area (Å²) in [7, 11) is 0. The summed E-state index contributed by atoms with van der Waals surface area (Å²) >= 11 is 4.70. The van der Waals surface area contributed by atoms with Crippen LogP contribution in [-0.4, -0.2) is 11.0 Å². The van der Waals surface area contributed by atoms with Crippen molar-refractivity contribution >= 4 is 22.9 Å². The van der Waals surface area contributed by atoms with Gasteiger partial charge in [0.15, 0.2) is 11.6 Å². The van der Waals surface area contributed by atoms with Crippen molar-refractivity contribution in [1.82, 2.24) is 0 Å². The van der Waals surface area contributed by atoms with Crippen molar-refractivity contribution in [1.29, 1.82) is 0 Å². The summed E-state index contributed by atoms with van der Waals surface area (Å²) in [4.78, 5) is -0.128. The van der Waals surface area contributed by atoms with Gasteiger partial charge in [-0.15, -0.1) is 0 Å². The Morgan fingerprint density at radius 1 is 1.20 bits per heavy atom. The Bertz CT molecular complexity index is 505. The maximum absolute atomic E-state index is 14.0. The first-order valence-corrected chi connectivity index (χ1v) is 7.44. The lowest BCUT2D eigenvalue weighted by Gasteiger charge is -2.19. The molecule has 20 heavy (non-hydrogen) atoms. The second kappa shape index (κ2) is 6.48. The Morgan fingerprint density at radius 3 is 2.65 bits per heavy atom. The molecule has 0 spiro atoms. The number of benzene rings is 1. The number of hydrogen-bond acceptors (Lipinski definition) is 2. The van der Waals surface area contributed by atoms with E-state index in [1.54, 1.807) is 0 Å². The summed E-state index contributed by atoms with van der Waals surface area (Å²) in [5.41, 5.74) is 5.51. The van der Waals surface area contributed by atoms with Crippen LogP contribution in [0.4, 0.5) is 14.5 Å². The van der Waals surface area contributed by atoms with Crippen molar-refractivity contribution in [2.75, 3.05) is 5.32 Å². The third-order valence-electron chi connectivity index (χ3n) is 3.96. The van der Waals surface area contributed by atoms with Gasteiger partial charge in [-0.2, -0.15) is 0 Å². The summed E-state index contributed by atoms with van der Waals surface area (Å²) < 4.78 is 27.8. The molecular formula is C15H20F2N2S. The topological polar surface area (TPSA) is 38.0 Å². The van der Waals surface area contributed by atoms with Crippen LogP contribution in [-0.2, 0) is 0 Å². The molecule has 2 unspecified atom stereocenters. The second-order valence-corrected chi connectivity index (χ2v) is 6.05. The summed E-state index contributed by atoms with van der Waals surface area (Å²) in [6.45, 7) is 2.24. The molecule has 2 atom stereocenters. The lowest BCUT2D eigenvalue weighted by Crippen LogP contribution is -2.20. The fourth-order valence-corrected chi connectivity index (χ4v) is 2.86. The molecule has 1 aliphatic rings. The molecular weight excluding hydrogens is 278 g/mol. The first-order valence-electron chi connectivity index (χ1n) is 7.03. The van der Waals surface area contributed by atoms with Gasteiger partial charge in [-0.05, 0) is 37.3 Å². The first kappa shape index (κ1) is 15.2. The van der Waals surface area contributed by atoms with E-state index in [9.17, 15) is 8.78 Å². The van der Waals surface area contributed by atoms with E-state index in [0.717, 1.165) is 25.7 Å². The third-order valence-corrected chi connectivity index (χ3v) is 4.18. The standard InChI is InChI=1S/C15H20F2N2S/c1-9-3-2-4-10(6-5-9)19-12-8-7-11(15(18)20)13(16)14(12)17/h7-10,19H,2-6H2,1H3,(H2,18,20). The van der Waals surface area contributed by atoms with Gasteiger partial charge in [0.2, 0.25) is 0 Å². The molecule has 110 valence electrons. The second-order valence-electron chi connectivity index (χ2n) is 5.61. The smallest absolute Gasteiger partial charge is 0.182 e. The highest BCUT2D eigenvalue weighted by Gasteiger charge is 2.20. The molecule has 0 aliphatic heterocycles. The van der Waals surface area contributed by atoms with Crippen LogP contribution in [0, 0.1) is 17.6 Å². The van der Waals surface area contributed by atoms with Gasteiger partial charge in [0.25, 0.3) is 0 Å². The molecule has 3 N–H and O–H groups in total. The molecule has 0 amide bonds. The van der Waals surface area contributed by atoms with E-state index < -0.39 is 11.6 Å². The van der Waals surface area contributed by atoms with Crippen molar-refractivity contribution in [3.8, 4) is 0 Å². The van der Waals surface area contributed by atoms with Gasteiger partial charge in [0.1, 0.15) is 4.99 Å². The predicted molar refractivity (Wildman–Crippen MR) is 81.9 cm³/mol. The summed E-state index contributed by atoms with van der Waals surface area (Å²) in [5.74, 6) is -1.16. The van der Waals surface area contributed by atoms with E-state index in [4.69, 9.17) is 18.0 Å². The molecule has 5 heteroatoms. The minimum absolute atomic E-state index is 0.0439. The number of rotatable bonds is 3. The minimum atomic E-state index is -0.968. The molecule has 1 saturated carbocycles. The van der Waals surface area contributed by atoms with Crippen molar-refractivity contribution < 1.29 is 8.78 Å². The van der Waals surface area contributed by atoms with Gasteiger partial charge in [-0.25, -0.2) is 8.78 Å². The van der Waals surface area contributed by atoms with Crippen LogP contribution in [0.2, 0.25) is 0 Å².